The van der Waals surface area contributed by atoms with E-state index >= 15 is 0 Å². The van der Waals surface area contributed by atoms with Crippen LogP contribution in [0.3, 0.4) is 0 Å². The lowest BCUT2D eigenvalue weighted by Crippen LogP contribution is -2.20. The molecule has 1 heterocycles. The fourth-order valence-electron chi connectivity index (χ4n) is 1.50. The maximum absolute atomic E-state index is 2.48. The average molecular weight is 259 g/mol. The van der Waals surface area contributed by atoms with Gasteiger partial charge in [-0.15, -0.1) is 0 Å². The summed E-state index contributed by atoms with van der Waals surface area (Å²) in [6.45, 7) is 0. The molecule has 1 aliphatic rings. The molecule has 1 aromatic rings. The Labute approximate surface area is 80.5 Å². The zero-order valence-corrected chi connectivity index (χ0v) is 8.58. The van der Waals surface area contributed by atoms with Crippen LogP contribution in [0.4, 0.5) is 5.69 Å². The highest BCUT2D eigenvalue weighted by Crippen LogP contribution is 2.32. The van der Waals surface area contributed by atoms with Crippen molar-refractivity contribution in [2.24, 2.45) is 0 Å². The molecule has 0 aromatic heterocycles. The van der Waals surface area contributed by atoms with Crippen LogP contribution >= 0.6 is 22.6 Å². The zero-order chi connectivity index (χ0) is 7.84. The van der Waals surface area contributed by atoms with Crippen LogP contribution in [0.1, 0.15) is 5.56 Å². The van der Waals surface area contributed by atoms with E-state index in [0.29, 0.717) is 4.05 Å². The third-order valence-corrected chi connectivity index (χ3v) is 3.46. The first-order valence-corrected chi connectivity index (χ1v) is 4.98. The summed E-state index contributed by atoms with van der Waals surface area (Å²) in [5.41, 5.74) is 2.88. The number of halogens is 1. The Kier molecular flexibility index (Phi) is 1.79. The fourth-order valence-corrected chi connectivity index (χ4v) is 2.27. The summed E-state index contributed by atoms with van der Waals surface area (Å²) >= 11 is 2.48. The summed E-state index contributed by atoms with van der Waals surface area (Å²) < 4.78 is 0.644. The van der Waals surface area contributed by atoms with E-state index in [9.17, 15) is 0 Å². The van der Waals surface area contributed by atoms with Gasteiger partial charge in [0.1, 0.15) is 0 Å². The molecular weight excluding hydrogens is 249 g/mol. The van der Waals surface area contributed by atoms with E-state index in [1.54, 1.807) is 0 Å². The molecule has 1 aliphatic heterocycles. The van der Waals surface area contributed by atoms with Crippen LogP contribution in [-0.2, 0) is 6.42 Å². The van der Waals surface area contributed by atoms with Crippen LogP contribution in [-0.4, -0.2) is 11.1 Å². The normalized spacial score (nSPS) is 22.0. The summed E-state index contributed by atoms with van der Waals surface area (Å²) in [6.07, 6.45) is 1.19. The van der Waals surface area contributed by atoms with E-state index in [2.05, 4.69) is 58.8 Å². The minimum atomic E-state index is 0.644. The van der Waals surface area contributed by atoms with Crippen molar-refractivity contribution < 1.29 is 0 Å². The quantitative estimate of drug-likeness (QED) is 0.393. The number of likely N-dealkylation sites (N-methyl/N-ethyl adjacent to an activating group) is 1. The number of benzene rings is 1. The first kappa shape index (κ1) is 7.40. The molecule has 1 aromatic carbocycles. The second-order valence-electron chi connectivity index (χ2n) is 2.88. The Bertz CT molecular complexity index is 272. The van der Waals surface area contributed by atoms with Crippen LogP contribution in [0.25, 0.3) is 0 Å². The van der Waals surface area contributed by atoms with Crippen LogP contribution in [0.15, 0.2) is 24.3 Å². The Morgan fingerprint density at radius 1 is 1.45 bits per heavy atom. The second-order valence-corrected chi connectivity index (χ2v) is 4.32. The predicted octanol–water partition coefficient (Wildman–Crippen LogP) is 2.44. The number of alkyl halides is 1. The van der Waals surface area contributed by atoms with Gasteiger partial charge >= 0.3 is 0 Å². The van der Waals surface area contributed by atoms with E-state index in [-0.39, 0.29) is 0 Å². The van der Waals surface area contributed by atoms with Crippen molar-refractivity contribution in [1.82, 2.24) is 0 Å². The Balaban J connectivity index is 2.47. The number of nitrogens with zero attached hydrogens (tertiary/aromatic N) is 1. The van der Waals surface area contributed by atoms with Crippen LogP contribution in [0, 0.1) is 0 Å². The third kappa shape index (κ3) is 1.13. The van der Waals surface area contributed by atoms with E-state index < -0.39 is 0 Å². The summed E-state index contributed by atoms with van der Waals surface area (Å²) in [5.74, 6) is 0. The molecule has 0 aliphatic carbocycles. The van der Waals surface area contributed by atoms with Gasteiger partial charge in [0.25, 0.3) is 0 Å². The van der Waals surface area contributed by atoms with Crippen molar-refractivity contribution in [2.75, 3.05) is 11.9 Å². The summed E-state index contributed by atoms with van der Waals surface area (Å²) in [4.78, 5) is 2.33. The molecule has 0 radical (unpaired) electrons. The van der Waals surface area contributed by atoms with Crippen molar-refractivity contribution in [2.45, 2.75) is 10.5 Å². The molecular formula is C9H10IN. The Morgan fingerprint density at radius 3 is 2.91 bits per heavy atom. The molecule has 1 nitrogen and oxygen atoms in total. The second kappa shape index (κ2) is 2.66. The fraction of sp³-hybridized carbons (Fsp3) is 0.333. The molecule has 1 atom stereocenters. The number of rotatable bonds is 0. The molecule has 0 bridgehead atoms. The van der Waals surface area contributed by atoms with Crippen molar-refractivity contribution in [1.29, 1.82) is 0 Å². The molecule has 0 spiro atoms. The van der Waals surface area contributed by atoms with Gasteiger partial charge in [0.05, 0.1) is 4.05 Å². The van der Waals surface area contributed by atoms with E-state index in [1.165, 1.54) is 17.7 Å². The lowest BCUT2D eigenvalue weighted by Gasteiger charge is -2.16. The average Bonchev–Trinajstić information content (AvgIpc) is 2.30. The summed E-state index contributed by atoms with van der Waals surface area (Å²) in [7, 11) is 2.16. The monoisotopic (exact) mass is 259 g/mol. The summed E-state index contributed by atoms with van der Waals surface area (Å²) in [5, 5.41) is 0. The molecule has 1 unspecified atom stereocenters. The highest BCUT2D eigenvalue weighted by molar-refractivity contribution is 14.1. The third-order valence-electron chi connectivity index (χ3n) is 2.18. The van der Waals surface area contributed by atoms with Gasteiger partial charge in [0.2, 0.25) is 0 Å². The molecule has 0 saturated carbocycles. The van der Waals surface area contributed by atoms with Gasteiger partial charge in [0.15, 0.2) is 0 Å². The molecule has 58 valence electrons. The minimum absolute atomic E-state index is 0.644. The van der Waals surface area contributed by atoms with Crippen molar-refractivity contribution in [3.63, 3.8) is 0 Å². The van der Waals surface area contributed by atoms with Gasteiger partial charge in [0, 0.05) is 19.2 Å². The molecule has 0 saturated heterocycles. The van der Waals surface area contributed by atoms with E-state index in [1.807, 2.05) is 0 Å². The number of anilines is 1. The number of hydrogen-bond donors (Lipinski definition) is 0. The largest absolute Gasteiger partial charge is 0.362 e. The number of fused-ring (bicyclic) bond motifs is 1. The maximum Gasteiger partial charge on any atom is 0.0847 e. The Hall–Kier alpha value is -0.250. The minimum Gasteiger partial charge on any atom is -0.362 e. The highest BCUT2D eigenvalue weighted by Gasteiger charge is 2.22. The van der Waals surface area contributed by atoms with Crippen LogP contribution in [0.5, 0.6) is 0 Å². The van der Waals surface area contributed by atoms with Crippen LogP contribution in [0.2, 0.25) is 0 Å². The van der Waals surface area contributed by atoms with Gasteiger partial charge in [-0.2, -0.15) is 0 Å². The van der Waals surface area contributed by atoms with Gasteiger partial charge in [-0.05, 0) is 11.6 Å². The van der Waals surface area contributed by atoms with Gasteiger partial charge < -0.3 is 4.90 Å². The van der Waals surface area contributed by atoms with Crippen molar-refractivity contribution in [3.8, 4) is 0 Å². The Morgan fingerprint density at radius 2 is 2.18 bits per heavy atom. The van der Waals surface area contributed by atoms with Crippen molar-refractivity contribution >= 4 is 28.3 Å². The molecule has 2 heteroatoms. The van der Waals surface area contributed by atoms with E-state index in [0.717, 1.165) is 0 Å². The van der Waals surface area contributed by atoms with Crippen LogP contribution < -0.4 is 4.90 Å². The molecule has 11 heavy (non-hydrogen) atoms. The van der Waals surface area contributed by atoms with Gasteiger partial charge in [-0.25, -0.2) is 0 Å². The smallest absolute Gasteiger partial charge is 0.0847 e. The molecule has 0 amide bonds. The maximum atomic E-state index is 2.48. The lowest BCUT2D eigenvalue weighted by molar-refractivity contribution is 0.923. The van der Waals surface area contributed by atoms with E-state index in [4.69, 9.17) is 0 Å². The standard InChI is InChI=1S/C9H10IN/c1-11-8-5-3-2-4-7(8)6-9(11)10/h2-5,9H,6H2,1H3. The number of hydrogen-bond acceptors (Lipinski definition) is 1. The zero-order valence-electron chi connectivity index (χ0n) is 6.42. The summed E-state index contributed by atoms with van der Waals surface area (Å²) in [6, 6.07) is 8.61. The molecule has 0 fully saturated rings. The highest BCUT2D eigenvalue weighted by atomic mass is 127. The topological polar surface area (TPSA) is 3.24 Å². The first-order chi connectivity index (χ1) is 5.29. The van der Waals surface area contributed by atoms with Gasteiger partial charge in [-0.3, -0.25) is 0 Å². The molecule has 2 rings (SSSR count). The molecule has 0 N–H and O–H groups in total. The van der Waals surface area contributed by atoms with Gasteiger partial charge in [-0.1, -0.05) is 40.8 Å². The lowest BCUT2D eigenvalue weighted by atomic mass is 10.2. The number of para-hydroxylation sites is 1. The SMILES string of the molecule is CN1c2ccccc2CC1I. The predicted molar refractivity (Wildman–Crippen MR) is 56.4 cm³/mol. The first-order valence-electron chi connectivity index (χ1n) is 3.74. The van der Waals surface area contributed by atoms with Crippen molar-refractivity contribution in [3.05, 3.63) is 29.8 Å².